The molecule has 1 aliphatic rings. The van der Waals surface area contributed by atoms with Crippen LogP contribution in [-0.4, -0.2) is 34.5 Å². The van der Waals surface area contributed by atoms with Crippen molar-refractivity contribution in [1.82, 2.24) is 4.90 Å². The molecule has 0 aromatic heterocycles. The van der Waals surface area contributed by atoms with Crippen LogP contribution in [0.25, 0.3) is 0 Å². The molecule has 150 valence electrons. The van der Waals surface area contributed by atoms with E-state index in [1.54, 1.807) is 0 Å². The van der Waals surface area contributed by atoms with Gasteiger partial charge in [-0.15, -0.1) is 0 Å². The van der Waals surface area contributed by atoms with Crippen molar-refractivity contribution in [2.75, 3.05) is 19.3 Å². The summed E-state index contributed by atoms with van der Waals surface area (Å²) in [6.45, 7) is 5.56. The highest BCUT2D eigenvalue weighted by Gasteiger charge is 2.46. The maximum atomic E-state index is 13.9. The van der Waals surface area contributed by atoms with Gasteiger partial charge in [0, 0.05) is 36.6 Å². The predicted octanol–water partition coefficient (Wildman–Crippen LogP) is 4.66. The van der Waals surface area contributed by atoms with Crippen molar-refractivity contribution in [3.8, 4) is 0 Å². The van der Waals surface area contributed by atoms with Gasteiger partial charge in [-0.3, -0.25) is 4.99 Å². The van der Waals surface area contributed by atoms with Crippen molar-refractivity contribution < 1.29 is 13.9 Å². The number of rotatable bonds is 3. The van der Waals surface area contributed by atoms with E-state index in [1.807, 2.05) is 50.4 Å². The zero-order valence-electron chi connectivity index (χ0n) is 16.4. The third-order valence-electron chi connectivity index (χ3n) is 5.58. The summed E-state index contributed by atoms with van der Waals surface area (Å²) in [5.74, 6) is -1.17. The van der Waals surface area contributed by atoms with E-state index in [9.17, 15) is 13.9 Å². The number of hydrogen-bond acceptors (Lipinski definition) is 3. The van der Waals surface area contributed by atoms with Crippen LogP contribution >= 0.6 is 11.8 Å². The summed E-state index contributed by atoms with van der Waals surface area (Å²) in [4.78, 5) is 6.73. The number of nitrogens with zero attached hydrogens (tertiary/aromatic N) is 2. The standard InChI is InChI=1S/C22H26F2N2OS/c1-15-13-26(14-16(2)22(15,27)18-7-5-4-6-8-18)21(28-3)25-12-17-9-10-19(23)11-20(17)24/h4-11,15-16,27H,12-14H2,1-3H3/t15-,16+,22?. The number of thioether (sulfide) groups is 1. The van der Waals surface area contributed by atoms with E-state index >= 15 is 0 Å². The quantitative estimate of drug-likeness (QED) is 0.597. The Morgan fingerprint density at radius 3 is 2.36 bits per heavy atom. The van der Waals surface area contributed by atoms with Crippen LogP contribution < -0.4 is 0 Å². The van der Waals surface area contributed by atoms with Gasteiger partial charge in [0.05, 0.1) is 12.1 Å². The van der Waals surface area contributed by atoms with E-state index in [0.29, 0.717) is 18.7 Å². The zero-order valence-corrected chi connectivity index (χ0v) is 17.2. The first-order chi connectivity index (χ1) is 13.4. The summed E-state index contributed by atoms with van der Waals surface area (Å²) in [7, 11) is 0. The van der Waals surface area contributed by atoms with Crippen LogP contribution in [0.15, 0.2) is 53.5 Å². The van der Waals surface area contributed by atoms with E-state index in [-0.39, 0.29) is 18.4 Å². The molecular weight excluding hydrogens is 378 g/mol. The summed E-state index contributed by atoms with van der Waals surface area (Å²) in [5.41, 5.74) is 0.405. The van der Waals surface area contributed by atoms with Crippen molar-refractivity contribution in [3.05, 3.63) is 71.3 Å². The number of piperidine rings is 1. The molecule has 2 aromatic carbocycles. The molecule has 6 heteroatoms. The Kier molecular flexibility index (Phi) is 6.40. The molecule has 1 unspecified atom stereocenters. The van der Waals surface area contributed by atoms with Crippen LogP contribution in [0.4, 0.5) is 8.78 Å². The lowest BCUT2D eigenvalue weighted by atomic mass is 9.71. The minimum Gasteiger partial charge on any atom is -0.384 e. The van der Waals surface area contributed by atoms with E-state index < -0.39 is 17.2 Å². The maximum absolute atomic E-state index is 13.9. The van der Waals surface area contributed by atoms with E-state index in [0.717, 1.165) is 16.8 Å². The Morgan fingerprint density at radius 2 is 1.79 bits per heavy atom. The lowest BCUT2D eigenvalue weighted by molar-refractivity contribution is -0.0994. The van der Waals surface area contributed by atoms with Crippen molar-refractivity contribution in [2.24, 2.45) is 16.8 Å². The lowest BCUT2D eigenvalue weighted by Gasteiger charge is -2.48. The number of aliphatic imine (C=N–C) groups is 1. The fourth-order valence-electron chi connectivity index (χ4n) is 4.03. The smallest absolute Gasteiger partial charge is 0.159 e. The molecule has 1 N–H and O–H groups in total. The summed E-state index contributed by atoms with van der Waals surface area (Å²) in [6.07, 6.45) is 1.94. The lowest BCUT2D eigenvalue weighted by Crippen LogP contribution is -2.55. The summed E-state index contributed by atoms with van der Waals surface area (Å²) >= 11 is 1.50. The second-order valence-electron chi connectivity index (χ2n) is 7.44. The van der Waals surface area contributed by atoms with Gasteiger partial charge in [0.1, 0.15) is 11.6 Å². The van der Waals surface area contributed by atoms with Gasteiger partial charge in [-0.05, 0) is 17.9 Å². The molecule has 0 aliphatic carbocycles. The Labute approximate surface area is 169 Å². The van der Waals surface area contributed by atoms with Crippen LogP contribution in [0.2, 0.25) is 0 Å². The van der Waals surface area contributed by atoms with Gasteiger partial charge in [-0.2, -0.15) is 0 Å². The first-order valence-electron chi connectivity index (χ1n) is 9.41. The van der Waals surface area contributed by atoms with Crippen LogP contribution in [0.3, 0.4) is 0 Å². The zero-order chi connectivity index (χ0) is 20.3. The highest BCUT2D eigenvalue weighted by Crippen LogP contribution is 2.41. The van der Waals surface area contributed by atoms with Crippen molar-refractivity contribution in [1.29, 1.82) is 0 Å². The largest absolute Gasteiger partial charge is 0.384 e. The molecule has 1 fully saturated rings. The molecule has 3 atom stereocenters. The number of benzene rings is 2. The molecule has 1 heterocycles. The molecule has 0 bridgehead atoms. The average molecular weight is 405 g/mol. The van der Waals surface area contributed by atoms with E-state index in [4.69, 9.17) is 0 Å². The minimum absolute atomic E-state index is 0.00134. The third kappa shape index (κ3) is 4.08. The first-order valence-corrected chi connectivity index (χ1v) is 10.6. The average Bonchev–Trinajstić information content (AvgIpc) is 2.68. The Bertz CT molecular complexity index is 832. The van der Waals surface area contributed by atoms with E-state index in [2.05, 4.69) is 9.89 Å². The van der Waals surface area contributed by atoms with Crippen molar-refractivity contribution >= 4 is 16.9 Å². The summed E-state index contributed by atoms with van der Waals surface area (Å²) in [6, 6.07) is 13.4. The Morgan fingerprint density at radius 1 is 1.14 bits per heavy atom. The number of amidine groups is 1. The molecule has 0 spiro atoms. The summed E-state index contributed by atoms with van der Waals surface area (Å²) in [5, 5.41) is 12.3. The molecule has 1 aliphatic heterocycles. The minimum atomic E-state index is -0.898. The number of hydrogen-bond donors (Lipinski definition) is 1. The van der Waals surface area contributed by atoms with Gasteiger partial charge in [-0.1, -0.05) is 62.0 Å². The van der Waals surface area contributed by atoms with Crippen molar-refractivity contribution in [3.63, 3.8) is 0 Å². The Balaban J connectivity index is 1.78. The number of likely N-dealkylation sites (tertiary alicyclic amines) is 1. The number of halogens is 2. The van der Waals surface area contributed by atoms with Gasteiger partial charge < -0.3 is 10.0 Å². The van der Waals surface area contributed by atoms with Gasteiger partial charge in [0.25, 0.3) is 0 Å². The third-order valence-corrected chi connectivity index (χ3v) is 6.33. The van der Waals surface area contributed by atoms with Crippen LogP contribution in [-0.2, 0) is 12.1 Å². The van der Waals surface area contributed by atoms with Gasteiger partial charge in [0.2, 0.25) is 0 Å². The molecular formula is C22H26F2N2OS. The fourth-order valence-corrected chi connectivity index (χ4v) is 4.63. The highest BCUT2D eigenvalue weighted by atomic mass is 32.2. The normalized spacial score (nSPS) is 25.8. The highest BCUT2D eigenvalue weighted by molar-refractivity contribution is 8.13. The predicted molar refractivity (Wildman–Crippen MR) is 111 cm³/mol. The van der Waals surface area contributed by atoms with Crippen LogP contribution in [0, 0.1) is 23.5 Å². The topological polar surface area (TPSA) is 35.8 Å². The second-order valence-corrected chi connectivity index (χ2v) is 8.21. The second kappa shape index (κ2) is 8.62. The first kappa shape index (κ1) is 20.8. The maximum Gasteiger partial charge on any atom is 0.159 e. The molecule has 2 aromatic rings. The molecule has 1 saturated heterocycles. The van der Waals surface area contributed by atoms with Crippen molar-refractivity contribution in [2.45, 2.75) is 26.0 Å². The molecule has 0 amide bonds. The monoisotopic (exact) mass is 404 g/mol. The van der Waals surface area contributed by atoms with Gasteiger partial charge in [0.15, 0.2) is 5.17 Å². The molecule has 3 nitrogen and oxygen atoms in total. The van der Waals surface area contributed by atoms with Gasteiger partial charge >= 0.3 is 0 Å². The molecule has 28 heavy (non-hydrogen) atoms. The van der Waals surface area contributed by atoms with Crippen LogP contribution in [0.5, 0.6) is 0 Å². The summed E-state index contributed by atoms with van der Waals surface area (Å²) < 4.78 is 27.0. The fraction of sp³-hybridized carbons (Fsp3) is 0.409. The molecule has 0 radical (unpaired) electrons. The SMILES string of the molecule is CSC(=NCc1ccc(F)cc1F)N1C[C@@H](C)C(O)(c2ccccc2)[C@@H](C)C1. The van der Waals surface area contributed by atoms with E-state index in [1.165, 1.54) is 23.9 Å². The Hall–Kier alpha value is -1.92. The molecule has 3 rings (SSSR count). The van der Waals surface area contributed by atoms with Crippen LogP contribution in [0.1, 0.15) is 25.0 Å². The number of aliphatic hydroxyl groups is 1. The van der Waals surface area contributed by atoms with Gasteiger partial charge in [-0.25, -0.2) is 8.78 Å². The molecule has 0 saturated carbocycles.